The molecule has 0 aromatic heterocycles. The number of urea groups is 1. The van der Waals surface area contributed by atoms with Gasteiger partial charge in [-0.2, -0.15) is 0 Å². The second-order valence-corrected chi connectivity index (χ2v) is 9.10. The second kappa shape index (κ2) is 11.5. The van der Waals surface area contributed by atoms with Gasteiger partial charge in [0.25, 0.3) is 0 Å². The number of aryl methyl sites for hydroxylation is 1. The minimum atomic E-state index is -0.660. The Morgan fingerprint density at radius 1 is 1.00 bits per heavy atom. The van der Waals surface area contributed by atoms with E-state index in [4.69, 9.17) is 9.47 Å². The molecule has 8 heteroatoms. The summed E-state index contributed by atoms with van der Waals surface area (Å²) in [7, 11) is 0. The van der Waals surface area contributed by atoms with Crippen LogP contribution in [0.1, 0.15) is 36.6 Å². The van der Waals surface area contributed by atoms with Crippen LogP contribution in [0.3, 0.4) is 0 Å². The van der Waals surface area contributed by atoms with Crippen LogP contribution in [0.5, 0.6) is 5.75 Å². The maximum absolute atomic E-state index is 13.2. The van der Waals surface area contributed by atoms with Crippen molar-refractivity contribution in [3.8, 4) is 5.75 Å². The Kier molecular flexibility index (Phi) is 8.15. The number of ether oxygens (including phenoxy) is 2. The Balaban J connectivity index is 1.59. The maximum Gasteiger partial charge on any atom is 0.338 e. The van der Waals surface area contributed by atoms with Gasteiger partial charge in [-0.25, -0.2) is 9.59 Å². The number of nitrogens with one attached hydrogen (secondary N) is 2. The zero-order chi connectivity index (χ0) is 25.7. The van der Waals surface area contributed by atoms with Gasteiger partial charge in [0.15, 0.2) is 0 Å². The fourth-order valence-corrected chi connectivity index (χ4v) is 4.88. The van der Waals surface area contributed by atoms with E-state index < -0.39 is 12.0 Å². The van der Waals surface area contributed by atoms with Crippen LogP contribution in [0.25, 0.3) is 0 Å². The lowest BCUT2D eigenvalue weighted by molar-refractivity contribution is -0.139. The molecular formula is C28H36N4O4. The fourth-order valence-electron chi connectivity index (χ4n) is 4.88. The molecule has 2 aliphatic rings. The summed E-state index contributed by atoms with van der Waals surface area (Å²) in [4.78, 5) is 30.6. The van der Waals surface area contributed by atoms with E-state index >= 15 is 0 Å². The van der Waals surface area contributed by atoms with Crippen molar-refractivity contribution in [1.82, 2.24) is 15.5 Å². The van der Waals surface area contributed by atoms with Crippen LogP contribution in [-0.2, 0) is 9.53 Å². The molecule has 0 radical (unpaired) electrons. The molecule has 2 N–H and O–H groups in total. The number of para-hydroxylation sites is 1. The Hall–Kier alpha value is -3.52. The molecule has 0 unspecified atom stereocenters. The summed E-state index contributed by atoms with van der Waals surface area (Å²) in [5.41, 5.74) is 5.59. The van der Waals surface area contributed by atoms with Crippen molar-refractivity contribution >= 4 is 17.7 Å². The van der Waals surface area contributed by atoms with Gasteiger partial charge in [0.1, 0.15) is 5.75 Å². The number of carbonyl (C=O) groups is 2. The zero-order valence-electron chi connectivity index (χ0n) is 21.6. The molecule has 36 heavy (non-hydrogen) atoms. The maximum atomic E-state index is 13.2. The third kappa shape index (κ3) is 5.49. The summed E-state index contributed by atoms with van der Waals surface area (Å²) < 4.78 is 11.2. The van der Waals surface area contributed by atoms with Crippen LogP contribution in [-0.4, -0.2) is 62.8 Å². The van der Waals surface area contributed by atoms with Crippen LogP contribution >= 0.6 is 0 Å². The van der Waals surface area contributed by atoms with E-state index in [2.05, 4.69) is 52.5 Å². The van der Waals surface area contributed by atoms with Crippen molar-refractivity contribution in [2.45, 2.75) is 33.7 Å². The van der Waals surface area contributed by atoms with Crippen molar-refractivity contribution in [2.24, 2.45) is 0 Å². The van der Waals surface area contributed by atoms with Crippen molar-refractivity contribution in [3.05, 3.63) is 70.4 Å². The molecule has 1 atom stereocenters. The number of rotatable bonds is 8. The first-order valence-corrected chi connectivity index (χ1v) is 12.7. The van der Waals surface area contributed by atoms with E-state index in [-0.39, 0.29) is 12.6 Å². The predicted molar refractivity (Wildman–Crippen MR) is 140 cm³/mol. The molecule has 192 valence electrons. The van der Waals surface area contributed by atoms with E-state index in [9.17, 15) is 9.59 Å². The standard InChI is InChI=1S/C28H36N4O4/c1-5-35-24-13-8-7-11-21(24)26-25(27(33)36-6-2)22(29-28(34)30-26)18-31-14-16-32(17-15-31)23-12-9-10-19(3)20(23)4/h7-13,26H,5-6,14-18H2,1-4H3,(H2,29,30,34)/t26-/m1/s1. The van der Waals surface area contributed by atoms with Gasteiger partial charge in [-0.1, -0.05) is 30.3 Å². The number of carbonyl (C=O) groups excluding carboxylic acids is 2. The molecule has 2 aromatic carbocycles. The minimum Gasteiger partial charge on any atom is -0.494 e. The second-order valence-electron chi connectivity index (χ2n) is 9.10. The highest BCUT2D eigenvalue weighted by Gasteiger charge is 2.36. The van der Waals surface area contributed by atoms with E-state index in [0.717, 1.165) is 31.7 Å². The highest BCUT2D eigenvalue weighted by molar-refractivity contribution is 5.95. The molecule has 4 rings (SSSR count). The number of anilines is 1. The lowest BCUT2D eigenvalue weighted by atomic mass is 9.94. The molecule has 1 fully saturated rings. The van der Waals surface area contributed by atoms with Crippen LogP contribution < -0.4 is 20.3 Å². The molecule has 0 spiro atoms. The Labute approximate surface area is 213 Å². The first-order valence-electron chi connectivity index (χ1n) is 12.7. The van der Waals surface area contributed by atoms with Gasteiger partial charge in [0, 0.05) is 49.7 Å². The molecule has 2 amide bonds. The fraction of sp³-hybridized carbons (Fsp3) is 0.429. The molecule has 0 aliphatic carbocycles. The van der Waals surface area contributed by atoms with Crippen LogP contribution in [0, 0.1) is 13.8 Å². The smallest absolute Gasteiger partial charge is 0.338 e. The van der Waals surface area contributed by atoms with E-state index in [1.54, 1.807) is 6.92 Å². The van der Waals surface area contributed by atoms with Crippen LogP contribution in [0.15, 0.2) is 53.7 Å². The van der Waals surface area contributed by atoms with Gasteiger partial charge in [-0.3, -0.25) is 4.90 Å². The number of esters is 1. The van der Waals surface area contributed by atoms with Gasteiger partial charge in [0.05, 0.1) is 24.8 Å². The summed E-state index contributed by atoms with van der Waals surface area (Å²) in [6, 6.07) is 12.9. The van der Waals surface area contributed by atoms with Crippen molar-refractivity contribution < 1.29 is 19.1 Å². The molecule has 2 aromatic rings. The molecule has 0 bridgehead atoms. The van der Waals surface area contributed by atoms with E-state index in [1.165, 1.54) is 16.8 Å². The summed E-state index contributed by atoms with van der Waals surface area (Å²) in [6.07, 6.45) is 0. The minimum absolute atomic E-state index is 0.248. The van der Waals surface area contributed by atoms with Crippen molar-refractivity contribution in [3.63, 3.8) is 0 Å². The van der Waals surface area contributed by atoms with Gasteiger partial charge < -0.3 is 25.0 Å². The lowest BCUT2D eigenvalue weighted by Crippen LogP contribution is -2.52. The number of hydrogen-bond acceptors (Lipinski definition) is 6. The van der Waals surface area contributed by atoms with Crippen LogP contribution in [0.4, 0.5) is 10.5 Å². The topological polar surface area (TPSA) is 83.1 Å². The molecular weight excluding hydrogens is 456 g/mol. The first kappa shape index (κ1) is 25.6. The molecule has 0 saturated carbocycles. The summed E-state index contributed by atoms with van der Waals surface area (Å²) >= 11 is 0. The number of piperazine rings is 1. The normalized spacial score (nSPS) is 18.5. The summed E-state index contributed by atoms with van der Waals surface area (Å²) in [5, 5.41) is 5.81. The summed E-state index contributed by atoms with van der Waals surface area (Å²) in [5.74, 6) is 0.195. The van der Waals surface area contributed by atoms with Crippen LogP contribution in [0.2, 0.25) is 0 Å². The SMILES string of the molecule is CCOC(=O)C1=C(CN2CCN(c3cccc(C)c3C)CC2)NC(=O)N[C@@H]1c1ccccc1OCC. The number of amides is 2. The monoisotopic (exact) mass is 492 g/mol. The first-order chi connectivity index (χ1) is 17.4. The van der Waals surface area contributed by atoms with E-state index in [1.807, 2.05) is 31.2 Å². The lowest BCUT2D eigenvalue weighted by Gasteiger charge is -2.38. The number of nitrogens with zero attached hydrogens (tertiary/aromatic N) is 2. The van der Waals surface area contributed by atoms with Gasteiger partial charge in [0.2, 0.25) is 0 Å². The highest BCUT2D eigenvalue weighted by atomic mass is 16.5. The highest BCUT2D eigenvalue weighted by Crippen LogP contribution is 2.34. The van der Waals surface area contributed by atoms with Gasteiger partial charge in [-0.15, -0.1) is 0 Å². The largest absolute Gasteiger partial charge is 0.494 e. The predicted octanol–water partition coefficient (Wildman–Crippen LogP) is 3.70. The zero-order valence-corrected chi connectivity index (χ0v) is 21.6. The third-order valence-corrected chi connectivity index (χ3v) is 6.85. The molecule has 8 nitrogen and oxygen atoms in total. The third-order valence-electron chi connectivity index (χ3n) is 6.85. The van der Waals surface area contributed by atoms with Crippen molar-refractivity contribution in [2.75, 3.05) is 50.8 Å². The van der Waals surface area contributed by atoms with E-state index in [0.29, 0.717) is 30.2 Å². The average Bonchev–Trinajstić information content (AvgIpc) is 2.86. The average molecular weight is 493 g/mol. The molecule has 2 heterocycles. The van der Waals surface area contributed by atoms with Crippen molar-refractivity contribution in [1.29, 1.82) is 0 Å². The van der Waals surface area contributed by atoms with Gasteiger partial charge in [-0.05, 0) is 51.0 Å². The quantitative estimate of drug-likeness (QED) is 0.547. The summed E-state index contributed by atoms with van der Waals surface area (Å²) in [6.45, 7) is 12.5. The molecule has 1 saturated heterocycles. The van der Waals surface area contributed by atoms with Gasteiger partial charge >= 0.3 is 12.0 Å². The Morgan fingerprint density at radius 3 is 2.47 bits per heavy atom. The number of hydrogen-bond donors (Lipinski definition) is 2. The Morgan fingerprint density at radius 2 is 1.75 bits per heavy atom. The molecule has 2 aliphatic heterocycles. The Bertz CT molecular complexity index is 1140. The number of benzene rings is 2.